The molecule has 2 atom stereocenters. The Hall–Kier alpha value is -1.21. The van der Waals surface area contributed by atoms with Crippen LogP contribution in [-0.4, -0.2) is 66.7 Å². The first kappa shape index (κ1) is 18.1. The van der Waals surface area contributed by atoms with Crippen LogP contribution in [0.3, 0.4) is 0 Å². The summed E-state index contributed by atoms with van der Waals surface area (Å²) in [6.45, 7) is 2.78. The third-order valence-corrected chi connectivity index (χ3v) is 4.68. The number of aromatic nitrogens is 1. The van der Waals surface area contributed by atoms with E-state index in [1.165, 1.54) is 0 Å². The van der Waals surface area contributed by atoms with Crippen LogP contribution in [-0.2, 0) is 11.3 Å². The minimum absolute atomic E-state index is 0.0140. The Bertz CT molecular complexity index is 485. The average molecular weight is 324 g/mol. The lowest BCUT2D eigenvalue weighted by Crippen LogP contribution is -2.53. The fraction of sp³-hybridized carbons (Fsp3) is 0.706. The lowest BCUT2D eigenvalue weighted by molar-refractivity contribution is -0.0845. The van der Waals surface area contributed by atoms with Crippen molar-refractivity contribution >= 4 is 0 Å². The van der Waals surface area contributed by atoms with Crippen molar-refractivity contribution in [1.82, 2.24) is 9.88 Å². The van der Waals surface area contributed by atoms with E-state index in [1.54, 1.807) is 14.2 Å². The Labute approximate surface area is 138 Å². The van der Waals surface area contributed by atoms with Gasteiger partial charge in [-0.05, 0) is 25.3 Å². The van der Waals surface area contributed by atoms with Gasteiger partial charge in [0.25, 0.3) is 0 Å². The van der Waals surface area contributed by atoms with Gasteiger partial charge in [-0.15, -0.1) is 0 Å². The number of rotatable bonds is 8. The molecule has 2 rings (SSSR count). The molecule has 1 fully saturated rings. The van der Waals surface area contributed by atoms with Crippen molar-refractivity contribution in [3.63, 3.8) is 0 Å². The predicted octanol–water partition coefficient (Wildman–Crippen LogP) is 1.06. The average Bonchev–Trinajstić information content (AvgIpc) is 2.58. The maximum atomic E-state index is 10.4. The number of methoxy groups -OCH3 is 2. The zero-order valence-corrected chi connectivity index (χ0v) is 14.1. The molecule has 2 N–H and O–H groups in total. The van der Waals surface area contributed by atoms with Gasteiger partial charge in [0.1, 0.15) is 0 Å². The summed E-state index contributed by atoms with van der Waals surface area (Å²) >= 11 is 0. The molecule has 2 heterocycles. The van der Waals surface area contributed by atoms with Crippen molar-refractivity contribution < 1.29 is 19.7 Å². The molecular weight excluding hydrogens is 296 g/mol. The van der Waals surface area contributed by atoms with Crippen molar-refractivity contribution in [1.29, 1.82) is 0 Å². The van der Waals surface area contributed by atoms with Gasteiger partial charge in [0.2, 0.25) is 5.88 Å². The fourth-order valence-electron chi connectivity index (χ4n) is 3.31. The summed E-state index contributed by atoms with van der Waals surface area (Å²) in [6, 6.07) is 5.73. The van der Waals surface area contributed by atoms with E-state index < -0.39 is 11.5 Å². The number of likely N-dealkylation sites (tertiary alicyclic amines) is 1. The molecule has 130 valence electrons. The van der Waals surface area contributed by atoms with E-state index in [2.05, 4.69) is 9.88 Å². The van der Waals surface area contributed by atoms with E-state index in [1.807, 2.05) is 18.2 Å². The highest BCUT2D eigenvalue weighted by Crippen LogP contribution is 2.35. The van der Waals surface area contributed by atoms with Crippen molar-refractivity contribution in [3.05, 3.63) is 23.9 Å². The molecule has 0 aliphatic carbocycles. The van der Waals surface area contributed by atoms with Gasteiger partial charge in [-0.25, -0.2) is 4.98 Å². The third kappa shape index (κ3) is 4.64. The standard InChI is InChI=1S/C17H28N2O4/c1-22-10-4-8-17(13-20)12-19(9-7-15(17)21)11-14-5-3-6-16(18-14)23-2/h3,5-6,15,20-21H,4,7-13H2,1-2H3/t15-,17+/m1/s1. The summed E-state index contributed by atoms with van der Waals surface area (Å²) in [5.41, 5.74) is 0.458. The van der Waals surface area contributed by atoms with E-state index in [0.717, 1.165) is 25.1 Å². The van der Waals surface area contributed by atoms with E-state index in [9.17, 15) is 10.2 Å². The van der Waals surface area contributed by atoms with Gasteiger partial charge < -0.3 is 19.7 Å². The predicted molar refractivity (Wildman–Crippen MR) is 87.3 cm³/mol. The van der Waals surface area contributed by atoms with Crippen LogP contribution in [0.5, 0.6) is 5.88 Å². The SMILES string of the molecule is COCCC[C@@]1(CO)CN(Cc2cccc(OC)n2)CC[C@H]1O. The number of nitrogens with zero attached hydrogens (tertiary/aromatic N) is 2. The van der Waals surface area contributed by atoms with Crippen molar-refractivity contribution in [3.8, 4) is 5.88 Å². The van der Waals surface area contributed by atoms with Crippen LogP contribution in [0.15, 0.2) is 18.2 Å². The second kappa shape index (κ2) is 8.59. The number of ether oxygens (including phenoxy) is 2. The fourth-order valence-corrected chi connectivity index (χ4v) is 3.31. The van der Waals surface area contributed by atoms with Crippen LogP contribution < -0.4 is 4.74 Å². The van der Waals surface area contributed by atoms with Gasteiger partial charge in [0, 0.05) is 44.8 Å². The second-order valence-corrected chi connectivity index (χ2v) is 6.30. The summed E-state index contributed by atoms with van der Waals surface area (Å²) in [5, 5.41) is 20.3. The number of hydrogen-bond donors (Lipinski definition) is 2. The zero-order valence-electron chi connectivity index (χ0n) is 14.1. The first-order chi connectivity index (χ1) is 11.1. The molecule has 23 heavy (non-hydrogen) atoms. The number of pyridine rings is 1. The Kier molecular flexibility index (Phi) is 6.77. The van der Waals surface area contributed by atoms with Crippen molar-refractivity contribution in [2.75, 3.05) is 40.5 Å². The molecular formula is C17H28N2O4. The van der Waals surface area contributed by atoms with Crippen LogP contribution in [0.4, 0.5) is 0 Å². The second-order valence-electron chi connectivity index (χ2n) is 6.30. The van der Waals surface area contributed by atoms with E-state index in [4.69, 9.17) is 9.47 Å². The molecule has 0 bridgehead atoms. The molecule has 6 heteroatoms. The first-order valence-corrected chi connectivity index (χ1v) is 8.13. The van der Waals surface area contributed by atoms with Crippen LogP contribution in [0, 0.1) is 5.41 Å². The topological polar surface area (TPSA) is 75.1 Å². The molecule has 1 aliphatic rings. The van der Waals surface area contributed by atoms with Gasteiger partial charge in [-0.1, -0.05) is 6.07 Å². The number of piperidine rings is 1. The molecule has 1 aromatic heterocycles. The monoisotopic (exact) mass is 324 g/mol. The maximum Gasteiger partial charge on any atom is 0.213 e. The van der Waals surface area contributed by atoms with Crippen LogP contribution in [0.2, 0.25) is 0 Å². The Balaban J connectivity index is 2.02. The first-order valence-electron chi connectivity index (χ1n) is 8.13. The molecule has 0 unspecified atom stereocenters. The summed E-state index contributed by atoms with van der Waals surface area (Å²) in [4.78, 5) is 6.69. The minimum Gasteiger partial charge on any atom is -0.481 e. The zero-order chi connectivity index (χ0) is 16.7. The Morgan fingerprint density at radius 3 is 2.91 bits per heavy atom. The minimum atomic E-state index is -0.477. The summed E-state index contributed by atoms with van der Waals surface area (Å²) in [7, 11) is 3.28. The number of aliphatic hydroxyl groups excluding tert-OH is 2. The van der Waals surface area contributed by atoms with E-state index in [-0.39, 0.29) is 6.61 Å². The molecule has 1 aromatic rings. The van der Waals surface area contributed by atoms with Crippen molar-refractivity contribution in [2.45, 2.75) is 31.9 Å². The van der Waals surface area contributed by atoms with Crippen LogP contribution in [0.25, 0.3) is 0 Å². The van der Waals surface area contributed by atoms with Crippen LogP contribution in [0.1, 0.15) is 25.0 Å². The lowest BCUT2D eigenvalue weighted by Gasteiger charge is -2.45. The van der Waals surface area contributed by atoms with E-state index >= 15 is 0 Å². The molecule has 0 radical (unpaired) electrons. The van der Waals surface area contributed by atoms with Gasteiger partial charge in [-0.2, -0.15) is 0 Å². The van der Waals surface area contributed by atoms with Gasteiger partial charge in [-0.3, -0.25) is 4.90 Å². The third-order valence-electron chi connectivity index (χ3n) is 4.68. The highest BCUT2D eigenvalue weighted by atomic mass is 16.5. The highest BCUT2D eigenvalue weighted by Gasteiger charge is 2.41. The lowest BCUT2D eigenvalue weighted by atomic mass is 9.74. The number of aliphatic hydroxyl groups is 2. The summed E-state index contributed by atoms with van der Waals surface area (Å²) < 4.78 is 10.3. The number of hydrogen-bond acceptors (Lipinski definition) is 6. The largest absolute Gasteiger partial charge is 0.481 e. The summed E-state index contributed by atoms with van der Waals surface area (Å²) in [6.07, 6.45) is 1.77. The molecule has 1 saturated heterocycles. The van der Waals surface area contributed by atoms with Gasteiger partial charge >= 0.3 is 0 Å². The molecule has 0 aromatic carbocycles. The van der Waals surface area contributed by atoms with Crippen molar-refractivity contribution in [2.24, 2.45) is 5.41 Å². The molecule has 0 spiro atoms. The smallest absolute Gasteiger partial charge is 0.213 e. The Morgan fingerprint density at radius 1 is 1.39 bits per heavy atom. The van der Waals surface area contributed by atoms with Crippen LogP contribution >= 0.6 is 0 Å². The summed E-state index contributed by atoms with van der Waals surface area (Å²) in [5.74, 6) is 0.605. The Morgan fingerprint density at radius 2 is 2.22 bits per heavy atom. The van der Waals surface area contributed by atoms with E-state index in [0.29, 0.717) is 32.0 Å². The molecule has 0 saturated carbocycles. The highest BCUT2D eigenvalue weighted by molar-refractivity contribution is 5.15. The molecule has 6 nitrogen and oxygen atoms in total. The maximum absolute atomic E-state index is 10.4. The molecule has 1 aliphatic heterocycles. The van der Waals surface area contributed by atoms with Gasteiger partial charge in [0.05, 0.1) is 25.5 Å². The normalized spacial score (nSPS) is 25.5. The quantitative estimate of drug-likeness (QED) is 0.697. The molecule has 0 amide bonds. The van der Waals surface area contributed by atoms with Gasteiger partial charge in [0.15, 0.2) is 0 Å².